The van der Waals surface area contributed by atoms with Crippen molar-refractivity contribution in [2.75, 3.05) is 6.61 Å². The summed E-state index contributed by atoms with van der Waals surface area (Å²) in [4.78, 5) is 0. The third-order valence-corrected chi connectivity index (χ3v) is 4.69. The van der Waals surface area contributed by atoms with E-state index < -0.39 is 11.4 Å². The van der Waals surface area contributed by atoms with E-state index in [0.29, 0.717) is 0 Å². The van der Waals surface area contributed by atoms with Crippen molar-refractivity contribution in [3.63, 3.8) is 0 Å². The third-order valence-electron chi connectivity index (χ3n) is 4.35. The van der Waals surface area contributed by atoms with E-state index in [-0.39, 0.29) is 12.0 Å². The van der Waals surface area contributed by atoms with Crippen LogP contribution in [0.2, 0.25) is 0 Å². The predicted molar refractivity (Wildman–Crippen MR) is 103 cm³/mol. The Hall–Kier alpha value is -1.23. The first-order valence-electron chi connectivity index (χ1n) is 8.36. The average Bonchev–Trinajstić information content (AvgIpc) is 2.45. The SMILES string of the molecule is CC1=C(/C=C/C(C)=C/C=C/C(C)=C/COS(=O)O)C(C)(C)CCC1. The van der Waals surface area contributed by atoms with E-state index >= 15 is 0 Å². The summed E-state index contributed by atoms with van der Waals surface area (Å²) in [5, 5.41) is 0. The maximum Gasteiger partial charge on any atom is 0.302 e. The highest BCUT2D eigenvalue weighted by atomic mass is 32.2. The van der Waals surface area contributed by atoms with E-state index in [1.807, 2.05) is 19.1 Å². The Balaban J connectivity index is 2.67. The summed E-state index contributed by atoms with van der Waals surface area (Å²) < 4.78 is 23.5. The Morgan fingerprint density at radius 2 is 2.00 bits per heavy atom. The van der Waals surface area contributed by atoms with Gasteiger partial charge in [-0.05, 0) is 51.0 Å². The Bertz CT molecular complexity index is 604. The van der Waals surface area contributed by atoms with Gasteiger partial charge in [-0.2, -0.15) is 4.21 Å². The minimum atomic E-state index is -2.20. The second-order valence-electron chi connectivity index (χ2n) is 6.98. The van der Waals surface area contributed by atoms with Crippen LogP contribution in [-0.4, -0.2) is 15.4 Å². The van der Waals surface area contributed by atoms with Crippen molar-refractivity contribution in [1.82, 2.24) is 0 Å². The maximum absolute atomic E-state index is 10.4. The van der Waals surface area contributed by atoms with Crippen LogP contribution in [0, 0.1) is 5.41 Å². The molecule has 0 saturated carbocycles. The number of allylic oxidation sites excluding steroid dienone is 9. The maximum atomic E-state index is 10.4. The summed E-state index contributed by atoms with van der Waals surface area (Å²) in [6.07, 6.45) is 15.9. The molecule has 0 radical (unpaired) electrons. The summed E-state index contributed by atoms with van der Waals surface area (Å²) >= 11 is -2.20. The molecule has 0 amide bonds. The molecular weight excluding hydrogens is 320 g/mol. The fourth-order valence-corrected chi connectivity index (χ4v) is 3.11. The molecule has 0 fully saturated rings. The van der Waals surface area contributed by atoms with Crippen molar-refractivity contribution in [3.05, 3.63) is 58.7 Å². The van der Waals surface area contributed by atoms with Crippen molar-refractivity contribution in [1.29, 1.82) is 0 Å². The van der Waals surface area contributed by atoms with Crippen LogP contribution >= 0.6 is 0 Å². The zero-order chi connectivity index (χ0) is 18.2. The van der Waals surface area contributed by atoms with Gasteiger partial charge in [-0.25, -0.2) is 0 Å². The molecule has 1 atom stereocenters. The van der Waals surface area contributed by atoms with E-state index in [1.165, 1.54) is 36.0 Å². The summed E-state index contributed by atoms with van der Waals surface area (Å²) in [6, 6.07) is 0. The molecule has 0 saturated heterocycles. The summed E-state index contributed by atoms with van der Waals surface area (Å²) in [7, 11) is 0. The van der Waals surface area contributed by atoms with Gasteiger partial charge in [0.2, 0.25) is 0 Å². The van der Waals surface area contributed by atoms with E-state index in [1.54, 1.807) is 6.08 Å². The van der Waals surface area contributed by atoms with Gasteiger partial charge in [0, 0.05) is 0 Å². The molecule has 0 spiro atoms. The van der Waals surface area contributed by atoms with Crippen molar-refractivity contribution in [2.45, 2.75) is 53.9 Å². The monoisotopic (exact) mass is 350 g/mol. The molecule has 1 unspecified atom stereocenters. The van der Waals surface area contributed by atoms with Gasteiger partial charge < -0.3 is 0 Å². The van der Waals surface area contributed by atoms with Gasteiger partial charge in [-0.15, -0.1) is 0 Å². The van der Waals surface area contributed by atoms with Crippen LogP contribution in [0.1, 0.15) is 53.9 Å². The molecule has 1 N–H and O–H groups in total. The Kier molecular flexibility index (Phi) is 8.60. The van der Waals surface area contributed by atoms with E-state index in [4.69, 9.17) is 4.55 Å². The molecule has 0 aliphatic heterocycles. The Morgan fingerprint density at radius 1 is 1.29 bits per heavy atom. The molecule has 1 aliphatic rings. The molecule has 1 aliphatic carbocycles. The van der Waals surface area contributed by atoms with Crippen molar-refractivity contribution in [2.24, 2.45) is 5.41 Å². The molecule has 0 heterocycles. The average molecular weight is 351 g/mol. The first-order valence-corrected chi connectivity index (χ1v) is 9.40. The molecule has 0 aromatic carbocycles. The topological polar surface area (TPSA) is 46.5 Å². The molecule has 24 heavy (non-hydrogen) atoms. The molecule has 1 rings (SSSR count). The molecule has 0 aromatic heterocycles. The highest BCUT2D eigenvalue weighted by molar-refractivity contribution is 7.74. The van der Waals surface area contributed by atoms with Gasteiger partial charge in [0.25, 0.3) is 0 Å². The smallest absolute Gasteiger partial charge is 0.284 e. The summed E-state index contributed by atoms with van der Waals surface area (Å²) in [5.74, 6) is 0. The molecular formula is C20H30O3S. The van der Waals surface area contributed by atoms with E-state index in [2.05, 4.69) is 50.1 Å². The van der Waals surface area contributed by atoms with Gasteiger partial charge >= 0.3 is 11.4 Å². The van der Waals surface area contributed by atoms with Crippen molar-refractivity contribution in [3.8, 4) is 0 Å². The second-order valence-corrected chi connectivity index (χ2v) is 7.65. The third kappa shape index (κ3) is 7.56. The largest absolute Gasteiger partial charge is 0.302 e. The number of hydrogen-bond donors (Lipinski definition) is 1. The van der Waals surface area contributed by atoms with Crippen LogP contribution in [0.4, 0.5) is 0 Å². The normalized spacial score (nSPS) is 21.1. The lowest BCUT2D eigenvalue weighted by atomic mass is 9.72. The first-order chi connectivity index (χ1) is 11.2. The van der Waals surface area contributed by atoms with Gasteiger partial charge in [0.05, 0.1) is 6.61 Å². The number of hydrogen-bond acceptors (Lipinski definition) is 2. The Labute approximate surface area is 149 Å². The van der Waals surface area contributed by atoms with E-state index in [0.717, 1.165) is 5.57 Å². The minimum Gasteiger partial charge on any atom is -0.284 e. The first kappa shape index (κ1) is 20.8. The van der Waals surface area contributed by atoms with Crippen LogP contribution in [0.25, 0.3) is 0 Å². The fraction of sp³-hybridized carbons (Fsp3) is 0.500. The quantitative estimate of drug-likeness (QED) is 0.475. The second kappa shape index (κ2) is 9.92. The molecule has 4 heteroatoms. The van der Waals surface area contributed by atoms with Crippen LogP contribution in [0.15, 0.2) is 58.7 Å². The standard InChI is InChI=1S/C20H30O3S/c1-16(8-6-9-17(2)13-15-23-24(21)22)11-12-19-18(3)10-7-14-20(19,4)5/h6,8-9,11-13H,7,10,14-15H2,1-5H3,(H,21,22)/b9-6+,12-11+,16-8+,17-13+. The van der Waals surface area contributed by atoms with Gasteiger partial charge in [0.15, 0.2) is 0 Å². The van der Waals surface area contributed by atoms with Gasteiger partial charge in [-0.1, -0.05) is 67.0 Å². The van der Waals surface area contributed by atoms with Crippen LogP contribution < -0.4 is 0 Å². The van der Waals surface area contributed by atoms with Gasteiger partial charge in [-0.3, -0.25) is 8.74 Å². The zero-order valence-electron chi connectivity index (χ0n) is 15.5. The highest BCUT2D eigenvalue weighted by Crippen LogP contribution is 2.40. The highest BCUT2D eigenvalue weighted by Gasteiger charge is 2.26. The Morgan fingerprint density at radius 3 is 2.62 bits per heavy atom. The molecule has 0 bridgehead atoms. The predicted octanol–water partition coefficient (Wildman–Crippen LogP) is 5.67. The molecule has 3 nitrogen and oxygen atoms in total. The summed E-state index contributed by atoms with van der Waals surface area (Å²) in [6.45, 7) is 11.0. The van der Waals surface area contributed by atoms with Gasteiger partial charge in [0.1, 0.15) is 0 Å². The van der Waals surface area contributed by atoms with Crippen LogP contribution in [0.5, 0.6) is 0 Å². The summed E-state index contributed by atoms with van der Waals surface area (Å²) in [5.41, 5.74) is 5.41. The van der Waals surface area contributed by atoms with Crippen molar-refractivity contribution >= 4 is 11.4 Å². The molecule has 0 aromatic rings. The molecule has 134 valence electrons. The fourth-order valence-electron chi connectivity index (χ4n) is 2.92. The van der Waals surface area contributed by atoms with Crippen LogP contribution in [-0.2, 0) is 15.5 Å². The number of rotatable bonds is 7. The van der Waals surface area contributed by atoms with Crippen molar-refractivity contribution < 1.29 is 12.9 Å². The lowest BCUT2D eigenvalue weighted by Crippen LogP contribution is -2.19. The zero-order valence-corrected chi connectivity index (χ0v) is 16.3. The minimum absolute atomic E-state index is 0.129. The lowest BCUT2D eigenvalue weighted by molar-refractivity contribution is 0.342. The van der Waals surface area contributed by atoms with Crippen LogP contribution in [0.3, 0.4) is 0 Å². The van der Waals surface area contributed by atoms with E-state index in [9.17, 15) is 4.21 Å². The lowest BCUT2D eigenvalue weighted by Gasteiger charge is -2.32.